The number of carbonyl (C=O) groups excluding carboxylic acids is 2. The topological polar surface area (TPSA) is 106 Å². The predicted molar refractivity (Wildman–Crippen MR) is 326 cm³/mol. The van der Waals surface area contributed by atoms with Crippen molar-refractivity contribution in [2.45, 2.75) is 157 Å². The van der Waals surface area contributed by atoms with Crippen molar-refractivity contribution in [1.29, 1.82) is 0 Å². The molecule has 0 saturated carbocycles. The third-order valence-electron chi connectivity index (χ3n) is 13.4. The lowest BCUT2D eigenvalue weighted by Crippen LogP contribution is -2.68. The van der Waals surface area contributed by atoms with Gasteiger partial charge in [-0.3, -0.25) is 14.5 Å². The first kappa shape index (κ1) is 67.0. The summed E-state index contributed by atoms with van der Waals surface area (Å²) >= 11 is 0. The van der Waals surface area contributed by atoms with Crippen molar-refractivity contribution >= 4 is 49.5 Å². The number of morpholine rings is 1. The average Bonchev–Trinajstić information content (AvgIpc) is 3.40. The summed E-state index contributed by atoms with van der Waals surface area (Å²) < 4.78 is 19.1. The molecule has 0 amide bonds. The monoisotopic (exact) mass is 1070 g/mol. The minimum absolute atomic E-state index is 0.0125. The molecule has 0 aromatic heterocycles. The maximum atomic E-state index is 12.1. The van der Waals surface area contributed by atoms with Gasteiger partial charge in [0.05, 0.1) is 37.6 Å². The zero-order chi connectivity index (χ0) is 57.1. The van der Waals surface area contributed by atoms with Crippen LogP contribution in [0.1, 0.15) is 128 Å². The molecule has 8 nitrogen and oxygen atoms in total. The Balaban J connectivity index is 0.000000356. The molecule has 0 spiro atoms. The molecule has 10 heteroatoms. The first-order chi connectivity index (χ1) is 35.9. The van der Waals surface area contributed by atoms with Gasteiger partial charge in [-0.15, -0.1) is 0 Å². The fraction of sp³-hybridized carbons (Fsp3) is 0.424. The van der Waals surface area contributed by atoms with Gasteiger partial charge in [0.25, 0.3) is 16.6 Å². The fourth-order valence-corrected chi connectivity index (χ4v) is 19.0. The lowest BCUT2D eigenvalue weighted by atomic mass is 10.0. The molecule has 1 heterocycles. The summed E-state index contributed by atoms with van der Waals surface area (Å²) in [5, 5.41) is 23.8. The number of nitrogens with zero attached hydrogens (tertiary/aromatic N) is 1. The molecular formula is C66H95NO7Si2. The molecule has 76 heavy (non-hydrogen) atoms. The van der Waals surface area contributed by atoms with E-state index in [0.717, 1.165) is 56.6 Å². The Morgan fingerprint density at radius 1 is 0.579 bits per heavy atom. The second kappa shape index (κ2) is 33.2. The fourth-order valence-electron chi connectivity index (χ4n) is 9.44. The second-order valence-corrected chi connectivity index (χ2v) is 30.3. The van der Waals surface area contributed by atoms with Gasteiger partial charge in [-0.25, -0.2) is 0 Å². The van der Waals surface area contributed by atoms with Crippen molar-refractivity contribution in [3.05, 3.63) is 194 Å². The number of rotatable bonds is 18. The summed E-state index contributed by atoms with van der Waals surface area (Å²) in [4.78, 5) is 23.8. The van der Waals surface area contributed by atoms with Crippen molar-refractivity contribution in [3.8, 4) is 0 Å². The highest BCUT2D eigenvalue weighted by Crippen LogP contribution is 2.39. The zero-order valence-electron chi connectivity index (χ0n) is 48.9. The number of carbonyl (C=O) groups is 2. The van der Waals surface area contributed by atoms with Crippen molar-refractivity contribution in [2.75, 3.05) is 26.3 Å². The average molecular weight is 1070 g/mol. The van der Waals surface area contributed by atoms with E-state index in [4.69, 9.17) is 18.7 Å². The number of aldehydes is 1. The van der Waals surface area contributed by atoms with Crippen LogP contribution in [0.5, 0.6) is 0 Å². The smallest absolute Gasteiger partial charge is 0.262 e. The molecular weight excluding hydrogens is 975 g/mol. The maximum Gasteiger partial charge on any atom is 0.262 e. The maximum absolute atomic E-state index is 12.1. The summed E-state index contributed by atoms with van der Waals surface area (Å²) in [6.07, 6.45) is 2.20. The van der Waals surface area contributed by atoms with E-state index in [-0.39, 0.29) is 46.3 Å². The molecule has 1 aliphatic heterocycles. The molecule has 0 unspecified atom stereocenters. The zero-order valence-corrected chi connectivity index (χ0v) is 50.9. The third kappa shape index (κ3) is 19.7. The Hall–Kier alpha value is -5.15. The molecule has 5 atom stereocenters. The lowest BCUT2D eigenvalue weighted by molar-refractivity contribution is -0.124. The normalized spacial score (nSPS) is 14.8. The number of hydrogen-bond donors (Lipinski definition) is 2. The molecule has 0 aliphatic carbocycles. The number of Topliss-reactive ketones (excluding diaryl/α,β-unsaturated/α-hetero) is 1. The Kier molecular flexibility index (Phi) is 29.3. The van der Waals surface area contributed by atoms with Crippen LogP contribution in [-0.2, 0) is 23.2 Å². The summed E-state index contributed by atoms with van der Waals surface area (Å²) in [5.74, 6) is 0.102. The highest BCUT2D eigenvalue weighted by Gasteiger charge is 2.52. The minimum Gasteiger partial charge on any atom is -0.401 e. The lowest BCUT2D eigenvalue weighted by Gasteiger charge is -2.45. The van der Waals surface area contributed by atoms with Crippen molar-refractivity contribution in [3.63, 3.8) is 0 Å². The van der Waals surface area contributed by atoms with Gasteiger partial charge in [0.1, 0.15) is 12.4 Å². The third-order valence-corrected chi connectivity index (χ3v) is 23.5. The quantitative estimate of drug-likeness (QED) is 0.0387. The van der Waals surface area contributed by atoms with Crippen LogP contribution in [0.2, 0.25) is 10.1 Å². The molecule has 1 aliphatic rings. The molecule has 2 N–H and O–H groups in total. The first-order valence-electron chi connectivity index (χ1n) is 27.1. The minimum atomic E-state index is -2.62. The van der Waals surface area contributed by atoms with E-state index >= 15 is 0 Å². The Morgan fingerprint density at radius 2 is 0.895 bits per heavy atom. The van der Waals surface area contributed by atoms with Gasteiger partial charge in [0.15, 0.2) is 5.78 Å². The number of benzene rings is 5. The Labute approximate surface area is 462 Å². The van der Waals surface area contributed by atoms with E-state index in [0.29, 0.717) is 12.0 Å². The molecule has 6 rings (SSSR count). The molecule has 5 aromatic carbocycles. The predicted octanol–water partition coefficient (Wildman–Crippen LogP) is 12.4. The van der Waals surface area contributed by atoms with Gasteiger partial charge >= 0.3 is 0 Å². The molecule has 0 bridgehead atoms. The van der Waals surface area contributed by atoms with Crippen LogP contribution in [0.25, 0.3) is 0 Å². The number of allylic oxidation sites excluding steroid dienone is 1. The van der Waals surface area contributed by atoms with Gasteiger partial charge < -0.3 is 23.8 Å². The van der Waals surface area contributed by atoms with Crippen LogP contribution in [0.4, 0.5) is 0 Å². The first-order valence-corrected chi connectivity index (χ1v) is 30.9. The van der Waals surface area contributed by atoms with Crippen LogP contribution in [0.3, 0.4) is 0 Å². The summed E-state index contributed by atoms with van der Waals surface area (Å²) in [5.41, 5.74) is 3.71. The van der Waals surface area contributed by atoms with Crippen LogP contribution in [-0.4, -0.2) is 94.5 Å². The van der Waals surface area contributed by atoms with Crippen molar-refractivity contribution in [1.82, 2.24) is 4.90 Å². The summed E-state index contributed by atoms with van der Waals surface area (Å²) in [6, 6.07) is 52.7. The SMILES string of the molecule is C=C(C)C=O.C=C(C)[C@@H](CC)O[Si](c1ccccc1)(c1ccccc1)C(C)(C)C.C=C(C)[C@H](O)CC.CC[C@@H](O[Si](c1ccccc1)(c1ccccc1)C(C)(C)C)C(C)=O.C[C@@H](O)[C@H](c1ccccc1)N1CCOCC1. The van der Waals surface area contributed by atoms with Crippen LogP contribution >= 0.6 is 0 Å². The van der Waals surface area contributed by atoms with E-state index < -0.39 is 16.6 Å². The van der Waals surface area contributed by atoms with Crippen LogP contribution in [0, 0.1) is 0 Å². The molecule has 0 radical (unpaired) electrons. The van der Waals surface area contributed by atoms with Gasteiger partial charge in [0, 0.05) is 13.1 Å². The molecule has 1 saturated heterocycles. The van der Waals surface area contributed by atoms with E-state index in [1.165, 1.54) is 26.3 Å². The number of hydrogen-bond acceptors (Lipinski definition) is 8. The van der Waals surface area contributed by atoms with Gasteiger partial charge in [-0.1, -0.05) is 245 Å². The van der Waals surface area contributed by atoms with Gasteiger partial charge in [-0.05, 0) is 95.8 Å². The highest BCUT2D eigenvalue weighted by atomic mass is 28.4. The van der Waals surface area contributed by atoms with Crippen molar-refractivity contribution in [2.24, 2.45) is 0 Å². The summed E-state index contributed by atoms with van der Waals surface area (Å²) in [6.45, 7) is 43.2. The van der Waals surface area contributed by atoms with Crippen molar-refractivity contribution < 1.29 is 33.4 Å². The van der Waals surface area contributed by atoms with E-state index in [2.05, 4.69) is 201 Å². The number of aliphatic hydroxyl groups is 2. The van der Waals surface area contributed by atoms with E-state index in [1.54, 1.807) is 13.8 Å². The number of ketones is 1. The molecule has 414 valence electrons. The molecule has 1 fully saturated rings. The van der Waals surface area contributed by atoms with Gasteiger partial charge in [-0.2, -0.15) is 0 Å². The summed E-state index contributed by atoms with van der Waals surface area (Å²) in [7, 11) is -5.07. The Bertz CT molecular complexity index is 2230. The van der Waals surface area contributed by atoms with Crippen LogP contribution in [0.15, 0.2) is 188 Å². The molecule has 5 aromatic rings. The number of ether oxygens (including phenoxy) is 1. The standard InChI is InChI=1S/C22H30OSi.C21H28O2Si.C13H19NO2.C6H12O.C4H6O/c1-7-21(18(2)3)23-24(22(4,5)6,19-14-10-8-11-15-19)20-16-12-9-13-17-20;1-6-20(17(2)22)23-24(21(3,4)5,18-13-9-7-10-14-18)19-15-11-8-12-16-19;1-11(15)13(12-5-3-2-4-6-12)14-7-9-16-10-8-14;1-4-6(7)5(2)3;1-4(2)3-5/h8-17,21H,2,7H2,1,3-6H3;7-16,20H,6H2,1-5H3;2-6,11,13,15H,7-10H2,1H3;6-7H,2,4H2,1,3H3;3H,1H2,2H3/t21-;20-;11-,13-;6-;/m1111./s1. The van der Waals surface area contributed by atoms with E-state index in [9.17, 15) is 14.7 Å². The number of aliphatic hydroxyl groups excluding tert-OH is 2. The second-order valence-electron chi connectivity index (χ2n) is 21.8. The van der Waals surface area contributed by atoms with Gasteiger partial charge in [0.2, 0.25) is 0 Å². The van der Waals surface area contributed by atoms with E-state index in [1.807, 2.05) is 58.0 Å². The van der Waals surface area contributed by atoms with Crippen LogP contribution < -0.4 is 20.7 Å². The highest BCUT2D eigenvalue weighted by molar-refractivity contribution is 7.00. The Morgan fingerprint density at radius 3 is 1.12 bits per heavy atom. The largest absolute Gasteiger partial charge is 0.401 e.